The highest BCUT2D eigenvalue weighted by atomic mass is 14.8. The maximum absolute atomic E-state index is 5.82. The second-order valence-electron chi connectivity index (χ2n) is 3.87. The largest absolute Gasteiger partial charge is 0.383 e. The number of pyridine rings is 1. The van der Waals surface area contributed by atoms with Gasteiger partial charge in [-0.05, 0) is 30.9 Å². The van der Waals surface area contributed by atoms with Crippen molar-refractivity contribution < 1.29 is 0 Å². The molecular formula is C12H18N2. The van der Waals surface area contributed by atoms with Crippen LogP contribution in [0, 0.1) is 5.92 Å². The molecule has 1 rings (SSSR count). The molecule has 0 saturated carbocycles. The molecule has 1 heterocycles. The van der Waals surface area contributed by atoms with Gasteiger partial charge in [0.2, 0.25) is 0 Å². The monoisotopic (exact) mass is 190 g/mol. The fraction of sp³-hybridized carbons (Fsp3) is 0.417. The van der Waals surface area contributed by atoms with E-state index >= 15 is 0 Å². The van der Waals surface area contributed by atoms with Crippen LogP contribution in [0.1, 0.15) is 31.9 Å². The fourth-order valence-corrected chi connectivity index (χ4v) is 1.51. The molecule has 1 aromatic rings. The van der Waals surface area contributed by atoms with Gasteiger partial charge >= 0.3 is 0 Å². The zero-order valence-corrected chi connectivity index (χ0v) is 9.12. The molecule has 0 aliphatic rings. The Morgan fingerprint density at radius 1 is 1.50 bits per heavy atom. The van der Waals surface area contributed by atoms with Gasteiger partial charge < -0.3 is 5.73 Å². The second-order valence-corrected chi connectivity index (χ2v) is 3.87. The van der Waals surface area contributed by atoms with Crippen LogP contribution in [-0.4, -0.2) is 4.98 Å². The number of rotatable bonds is 3. The van der Waals surface area contributed by atoms with Gasteiger partial charge in [0.05, 0.1) is 0 Å². The highest BCUT2D eigenvalue weighted by Crippen LogP contribution is 2.19. The molecule has 2 nitrogen and oxygen atoms in total. The van der Waals surface area contributed by atoms with Crippen molar-refractivity contribution in [3.05, 3.63) is 29.5 Å². The maximum Gasteiger partial charge on any atom is 0.130 e. The van der Waals surface area contributed by atoms with Crippen LogP contribution in [0.3, 0.4) is 0 Å². The smallest absolute Gasteiger partial charge is 0.130 e. The van der Waals surface area contributed by atoms with E-state index in [4.69, 9.17) is 5.73 Å². The molecule has 76 valence electrons. The van der Waals surface area contributed by atoms with Crippen LogP contribution >= 0.6 is 0 Å². The topological polar surface area (TPSA) is 38.9 Å². The summed E-state index contributed by atoms with van der Waals surface area (Å²) in [4.78, 5) is 4.09. The number of hydrogen-bond acceptors (Lipinski definition) is 2. The molecule has 14 heavy (non-hydrogen) atoms. The molecule has 0 spiro atoms. The third kappa shape index (κ3) is 2.59. The Labute approximate surface area is 85.9 Å². The lowest BCUT2D eigenvalue weighted by Gasteiger charge is -2.10. The summed E-state index contributed by atoms with van der Waals surface area (Å²) in [6.07, 6.45) is 6.85. The Hall–Kier alpha value is -1.31. The molecule has 1 aromatic heterocycles. The van der Waals surface area contributed by atoms with E-state index in [1.54, 1.807) is 6.20 Å². The Morgan fingerprint density at radius 3 is 2.79 bits per heavy atom. The minimum atomic E-state index is 0.626. The number of hydrogen-bond donors (Lipinski definition) is 1. The molecule has 0 aliphatic carbocycles. The van der Waals surface area contributed by atoms with Gasteiger partial charge in [0, 0.05) is 11.8 Å². The molecule has 0 radical (unpaired) electrons. The number of anilines is 1. The lowest BCUT2D eigenvalue weighted by Crippen LogP contribution is -2.01. The summed E-state index contributed by atoms with van der Waals surface area (Å²) in [6.45, 7) is 6.40. The summed E-state index contributed by atoms with van der Waals surface area (Å²) in [7, 11) is 0. The SMILES string of the molecule is C/C=C\c1c(CC(C)C)ccnc1N. The Morgan fingerprint density at radius 2 is 2.21 bits per heavy atom. The summed E-state index contributed by atoms with van der Waals surface area (Å²) in [5, 5.41) is 0. The normalized spacial score (nSPS) is 11.4. The molecule has 0 unspecified atom stereocenters. The first-order valence-electron chi connectivity index (χ1n) is 5.01. The van der Waals surface area contributed by atoms with Gasteiger partial charge in [-0.1, -0.05) is 26.0 Å². The van der Waals surface area contributed by atoms with Crippen LogP contribution < -0.4 is 5.73 Å². The summed E-state index contributed by atoms with van der Waals surface area (Å²) < 4.78 is 0. The van der Waals surface area contributed by atoms with Crippen molar-refractivity contribution in [1.82, 2.24) is 4.98 Å². The average molecular weight is 190 g/mol. The van der Waals surface area contributed by atoms with E-state index in [0.29, 0.717) is 11.7 Å². The highest BCUT2D eigenvalue weighted by molar-refractivity contribution is 5.64. The van der Waals surface area contributed by atoms with Crippen LogP contribution in [0.4, 0.5) is 5.82 Å². The van der Waals surface area contributed by atoms with Crippen molar-refractivity contribution in [2.45, 2.75) is 27.2 Å². The van der Waals surface area contributed by atoms with E-state index in [-0.39, 0.29) is 0 Å². The van der Waals surface area contributed by atoms with Gasteiger partial charge in [0.25, 0.3) is 0 Å². The first-order chi connectivity index (χ1) is 6.65. The predicted molar refractivity (Wildman–Crippen MR) is 61.9 cm³/mol. The van der Waals surface area contributed by atoms with Gasteiger partial charge in [0.1, 0.15) is 5.82 Å². The van der Waals surface area contributed by atoms with E-state index in [1.165, 1.54) is 5.56 Å². The lowest BCUT2D eigenvalue weighted by molar-refractivity contribution is 0.646. The van der Waals surface area contributed by atoms with Crippen molar-refractivity contribution >= 4 is 11.9 Å². The van der Waals surface area contributed by atoms with Crippen molar-refractivity contribution in [2.75, 3.05) is 5.73 Å². The number of nitrogens with zero attached hydrogens (tertiary/aromatic N) is 1. The number of nitrogen functional groups attached to an aromatic ring is 1. The van der Waals surface area contributed by atoms with Gasteiger partial charge in [-0.15, -0.1) is 0 Å². The van der Waals surface area contributed by atoms with Crippen molar-refractivity contribution in [3.8, 4) is 0 Å². The number of aromatic nitrogens is 1. The Balaban J connectivity index is 3.07. The van der Waals surface area contributed by atoms with Crippen molar-refractivity contribution in [1.29, 1.82) is 0 Å². The Bertz CT molecular complexity index is 327. The van der Waals surface area contributed by atoms with Gasteiger partial charge in [-0.3, -0.25) is 0 Å². The minimum absolute atomic E-state index is 0.626. The molecule has 0 aliphatic heterocycles. The van der Waals surface area contributed by atoms with E-state index in [9.17, 15) is 0 Å². The minimum Gasteiger partial charge on any atom is -0.383 e. The molecule has 0 amide bonds. The summed E-state index contributed by atoms with van der Waals surface area (Å²) in [6, 6.07) is 2.05. The number of nitrogens with two attached hydrogens (primary N) is 1. The van der Waals surface area contributed by atoms with Gasteiger partial charge in [-0.25, -0.2) is 4.98 Å². The third-order valence-electron chi connectivity index (χ3n) is 2.07. The number of allylic oxidation sites excluding steroid dienone is 1. The zero-order chi connectivity index (χ0) is 10.6. The summed E-state index contributed by atoms with van der Waals surface area (Å²) in [5.74, 6) is 1.27. The van der Waals surface area contributed by atoms with Crippen LogP contribution in [-0.2, 0) is 6.42 Å². The van der Waals surface area contributed by atoms with Gasteiger partial charge in [0.15, 0.2) is 0 Å². The average Bonchev–Trinajstić information content (AvgIpc) is 2.10. The molecule has 0 bridgehead atoms. The van der Waals surface area contributed by atoms with Crippen molar-refractivity contribution in [2.24, 2.45) is 5.92 Å². The third-order valence-corrected chi connectivity index (χ3v) is 2.07. The van der Waals surface area contributed by atoms with Crippen LogP contribution in [0.25, 0.3) is 6.08 Å². The second kappa shape index (κ2) is 4.80. The maximum atomic E-state index is 5.82. The van der Waals surface area contributed by atoms with E-state index in [1.807, 2.05) is 25.1 Å². The van der Waals surface area contributed by atoms with Crippen molar-refractivity contribution in [3.63, 3.8) is 0 Å². The Kier molecular flexibility index (Phi) is 3.69. The molecule has 0 fully saturated rings. The summed E-state index contributed by atoms with van der Waals surface area (Å²) in [5.41, 5.74) is 8.18. The molecule has 2 heteroatoms. The van der Waals surface area contributed by atoms with E-state index in [0.717, 1.165) is 12.0 Å². The molecule has 0 atom stereocenters. The molecule has 2 N–H and O–H groups in total. The quantitative estimate of drug-likeness (QED) is 0.796. The molecular weight excluding hydrogens is 172 g/mol. The lowest BCUT2D eigenvalue weighted by atomic mass is 9.99. The summed E-state index contributed by atoms with van der Waals surface area (Å²) >= 11 is 0. The molecule has 0 saturated heterocycles. The van der Waals surface area contributed by atoms with Crippen LogP contribution in [0.2, 0.25) is 0 Å². The van der Waals surface area contributed by atoms with Crippen LogP contribution in [0.15, 0.2) is 18.3 Å². The standard InChI is InChI=1S/C12H18N2/c1-4-5-11-10(8-9(2)3)6-7-14-12(11)13/h4-7,9H,8H2,1-3H3,(H2,13,14)/b5-4-. The van der Waals surface area contributed by atoms with Crippen LogP contribution in [0.5, 0.6) is 0 Å². The van der Waals surface area contributed by atoms with Gasteiger partial charge in [-0.2, -0.15) is 0 Å². The predicted octanol–water partition coefficient (Wildman–Crippen LogP) is 2.90. The molecule has 0 aromatic carbocycles. The zero-order valence-electron chi connectivity index (χ0n) is 9.12. The highest BCUT2D eigenvalue weighted by Gasteiger charge is 2.05. The first kappa shape index (κ1) is 10.8. The first-order valence-corrected chi connectivity index (χ1v) is 5.01. The van der Waals surface area contributed by atoms with E-state index in [2.05, 4.69) is 18.8 Å². The fourth-order valence-electron chi connectivity index (χ4n) is 1.51. The van der Waals surface area contributed by atoms with E-state index < -0.39 is 0 Å².